The van der Waals surface area contributed by atoms with Gasteiger partial charge in [0.05, 0.1) is 34.7 Å². The molecule has 0 fully saturated rings. The molecule has 17 heavy (non-hydrogen) atoms. The summed E-state index contributed by atoms with van der Waals surface area (Å²) >= 11 is 1.86. The minimum atomic E-state index is -0.380. The second-order valence-corrected chi connectivity index (χ2v) is 4.15. The van der Waals surface area contributed by atoms with E-state index < -0.39 is 0 Å². The number of imidazole rings is 1. The monoisotopic (exact) mass is 344 g/mol. The van der Waals surface area contributed by atoms with Crippen molar-refractivity contribution in [1.82, 2.24) is 12.7 Å². The number of carbonyl (C=O) groups excluding carboxylic acids is 1. The van der Waals surface area contributed by atoms with Gasteiger partial charge in [0.2, 0.25) is 5.95 Å². The van der Waals surface area contributed by atoms with Crippen LogP contribution in [0.15, 0.2) is 24.5 Å². The van der Waals surface area contributed by atoms with E-state index >= 15 is 0 Å². The summed E-state index contributed by atoms with van der Waals surface area (Å²) in [6, 6.07) is 3.44. The summed E-state index contributed by atoms with van der Waals surface area (Å²) in [6.07, 6.45) is 3.15. The second-order valence-electron chi connectivity index (χ2n) is 3.18. The fourth-order valence-electron chi connectivity index (χ4n) is 1.27. The zero-order valence-corrected chi connectivity index (χ0v) is 10.7. The molecule has 0 unspecified atom stereocenters. The van der Waals surface area contributed by atoms with E-state index in [1.165, 1.54) is 8.98 Å². The van der Waals surface area contributed by atoms with Crippen LogP contribution < -0.4 is 16.8 Å². The van der Waals surface area contributed by atoms with Gasteiger partial charge in [0, 0.05) is 6.20 Å². The van der Waals surface area contributed by atoms with E-state index in [2.05, 4.69) is 15.3 Å². The average Bonchev–Trinajstić information content (AvgIpc) is 2.54. The van der Waals surface area contributed by atoms with Crippen molar-refractivity contribution in [1.29, 1.82) is 0 Å². The molecule has 5 N–H and O–H groups in total. The first-order valence-electron chi connectivity index (χ1n) is 4.61. The molecule has 2 heterocycles. The lowest BCUT2D eigenvalue weighted by Gasteiger charge is -2.04. The third-order valence-corrected chi connectivity index (χ3v) is 2.99. The molecule has 0 aliphatic carbocycles. The molecule has 0 bridgehead atoms. The number of hydrogen-bond acceptors (Lipinski definition) is 5. The van der Waals surface area contributed by atoms with Crippen molar-refractivity contribution in [3.05, 3.63) is 30.2 Å². The highest BCUT2D eigenvalue weighted by atomic mass is 127. The highest BCUT2D eigenvalue weighted by molar-refractivity contribution is 14.1. The summed E-state index contributed by atoms with van der Waals surface area (Å²) in [5.41, 5.74) is 11.9. The van der Waals surface area contributed by atoms with Gasteiger partial charge in [-0.3, -0.25) is 9.78 Å². The van der Waals surface area contributed by atoms with Gasteiger partial charge in [0.15, 0.2) is 11.5 Å². The van der Waals surface area contributed by atoms with Gasteiger partial charge in [-0.2, -0.15) is 4.98 Å². The topological polar surface area (TPSA) is 112 Å². The van der Waals surface area contributed by atoms with Crippen LogP contribution in [-0.4, -0.2) is 18.7 Å². The summed E-state index contributed by atoms with van der Waals surface area (Å²) in [6.45, 7) is 0. The fraction of sp³-hybridized carbons (Fsp3) is 0. The van der Waals surface area contributed by atoms with Gasteiger partial charge < -0.3 is 16.8 Å². The molecule has 0 radical (unpaired) electrons. The number of aromatic nitrogens is 3. The molecule has 2 rings (SSSR count). The standard InChI is InChI=1S/C9H9IN6O/c10-16-6(7(11)15-9(16)12)8(17)14-5-2-1-3-13-4-5/h1-4H,11H2,(H2,12,15)(H,14,17). The zero-order chi connectivity index (χ0) is 12.4. The third kappa shape index (κ3) is 2.30. The maximum absolute atomic E-state index is 11.9. The second kappa shape index (κ2) is 4.57. The van der Waals surface area contributed by atoms with E-state index in [1.54, 1.807) is 18.3 Å². The minimum absolute atomic E-state index is 0.0956. The maximum Gasteiger partial charge on any atom is 0.277 e. The molecule has 0 spiro atoms. The quantitative estimate of drug-likeness (QED) is 0.701. The van der Waals surface area contributed by atoms with Crippen LogP contribution in [0.4, 0.5) is 17.5 Å². The fourth-order valence-corrected chi connectivity index (χ4v) is 1.84. The summed E-state index contributed by atoms with van der Waals surface area (Å²) in [5, 5.41) is 2.65. The average molecular weight is 344 g/mol. The largest absolute Gasteiger partial charge is 0.382 e. The molecule has 88 valence electrons. The number of anilines is 3. The zero-order valence-electron chi connectivity index (χ0n) is 8.59. The maximum atomic E-state index is 11.9. The number of hydrogen-bond donors (Lipinski definition) is 3. The van der Waals surface area contributed by atoms with Gasteiger partial charge in [-0.05, 0) is 12.1 Å². The molecular weight excluding hydrogens is 335 g/mol. The van der Waals surface area contributed by atoms with Gasteiger partial charge in [0.25, 0.3) is 5.91 Å². The molecule has 0 saturated heterocycles. The normalized spacial score (nSPS) is 10.2. The lowest BCUT2D eigenvalue weighted by atomic mass is 10.3. The highest BCUT2D eigenvalue weighted by Crippen LogP contribution is 2.20. The van der Waals surface area contributed by atoms with E-state index in [1.807, 2.05) is 22.9 Å². The third-order valence-electron chi connectivity index (χ3n) is 2.01. The van der Waals surface area contributed by atoms with Gasteiger partial charge in [-0.1, -0.05) is 0 Å². The number of amides is 1. The number of pyridine rings is 1. The molecule has 8 heteroatoms. The molecular formula is C9H9IN6O. The van der Waals surface area contributed by atoms with Crippen molar-refractivity contribution in [2.24, 2.45) is 0 Å². The Labute approximate surface area is 111 Å². The van der Waals surface area contributed by atoms with Crippen LogP contribution in [0.25, 0.3) is 0 Å². The van der Waals surface area contributed by atoms with Crippen molar-refractivity contribution in [3.63, 3.8) is 0 Å². The van der Waals surface area contributed by atoms with Gasteiger partial charge in [-0.15, -0.1) is 0 Å². The van der Waals surface area contributed by atoms with Crippen LogP contribution in [0.1, 0.15) is 10.5 Å². The van der Waals surface area contributed by atoms with Crippen molar-refractivity contribution in [3.8, 4) is 0 Å². The molecule has 0 atom stereocenters. The van der Waals surface area contributed by atoms with Crippen LogP contribution in [0, 0.1) is 0 Å². The predicted molar refractivity (Wildman–Crippen MR) is 72.7 cm³/mol. The number of nitrogens with zero attached hydrogens (tertiary/aromatic N) is 3. The highest BCUT2D eigenvalue weighted by Gasteiger charge is 2.19. The molecule has 0 aromatic carbocycles. The lowest BCUT2D eigenvalue weighted by Crippen LogP contribution is -2.16. The Hall–Kier alpha value is -1.84. The first-order valence-corrected chi connectivity index (χ1v) is 5.57. The minimum Gasteiger partial charge on any atom is -0.382 e. The van der Waals surface area contributed by atoms with Crippen LogP contribution in [0.2, 0.25) is 0 Å². The van der Waals surface area contributed by atoms with Crippen LogP contribution in [0.3, 0.4) is 0 Å². The number of carbonyl (C=O) groups is 1. The lowest BCUT2D eigenvalue weighted by molar-refractivity contribution is 0.102. The summed E-state index contributed by atoms with van der Waals surface area (Å²) in [4.78, 5) is 19.6. The van der Waals surface area contributed by atoms with Crippen molar-refractivity contribution in [2.45, 2.75) is 0 Å². The molecule has 0 saturated carbocycles. The molecule has 0 aliphatic heterocycles. The first kappa shape index (κ1) is 11.6. The van der Waals surface area contributed by atoms with Gasteiger partial charge in [-0.25, -0.2) is 2.78 Å². The number of rotatable bonds is 2. The Morgan fingerprint density at radius 1 is 1.47 bits per heavy atom. The first-order chi connectivity index (χ1) is 8.09. The van der Waals surface area contributed by atoms with E-state index in [-0.39, 0.29) is 23.4 Å². The van der Waals surface area contributed by atoms with E-state index in [4.69, 9.17) is 11.5 Å². The van der Waals surface area contributed by atoms with Gasteiger partial charge >= 0.3 is 0 Å². The number of nitrogens with two attached hydrogens (primary N) is 2. The number of nitrogen functional groups attached to an aromatic ring is 2. The molecule has 2 aromatic rings. The molecule has 7 nitrogen and oxygen atoms in total. The summed E-state index contributed by atoms with van der Waals surface area (Å²) in [5.74, 6) is -0.105. The van der Waals surface area contributed by atoms with E-state index in [0.717, 1.165) is 0 Å². The Kier molecular flexibility index (Phi) is 3.13. The SMILES string of the molecule is Nc1nc(N)n(I)c1C(=O)Nc1cccnc1. The van der Waals surface area contributed by atoms with Crippen molar-refractivity contribution in [2.75, 3.05) is 16.8 Å². The van der Waals surface area contributed by atoms with Crippen molar-refractivity contribution >= 4 is 46.2 Å². The summed E-state index contributed by atoms with van der Waals surface area (Å²) < 4.78 is 1.40. The Morgan fingerprint density at radius 3 is 2.76 bits per heavy atom. The van der Waals surface area contributed by atoms with Crippen LogP contribution in [-0.2, 0) is 0 Å². The Balaban J connectivity index is 2.27. The predicted octanol–water partition coefficient (Wildman–Crippen LogP) is 0.893. The number of halogens is 1. The van der Waals surface area contributed by atoms with Gasteiger partial charge in [0.1, 0.15) is 0 Å². The number of nitrogens with one attached hydrogen (secondary N) is 1. The molecule has 1 amide bonds. The Morgan fingerprint density at radius 2 is 2.24 bits per heavy atom. The van der Waals surface area contributed by atoms with E-state index in [0.29, 0.717) is 5.69 Å². The molecule has 2 aromatic heterocycles. The van der Waals surface area contributed by atoms with Crippen LogP contribution in [0.5, 0.6) is 0 Å². The summed E-state index contributed by atoms with van der Waals surface area (Å²) in [7, 11) is 0. The van der Waals surface area contributed by atoms with Crippen LogP contribution >= 0.6 is 22.9 Å². The van der Waals surface area contributed by atoms with E-state index in [9.17, 15) is 4.79 Å². The van der Waals surface area contributed by atoms with Crippen molar-refractivity contribution < 1.29 is 4.79 Å². The molecule has 0 aliphatic rings. The Bertz CT molecular complexity index is 552. The smallest absolute Gasteiger partial charge is 0.277 e.